The molecule has 0 unspecified atom stereocenters. The van der Waals surface area contributed by atoms with Gasteiger partial charge in [0, 0.05) is 76.8 Å². The van der Waals surface area contributed by atoms with Gasteiger partial charge < -0.3 is 0 Å². The summed E-state index contributed by atoms with van der Waals surface area (Å²) in [4.78, 5) is 18.1. The first-order chi connectivity index (χ1) is 16.3. The second kappa shape index (κ2) is 9.37. The highest BCUT2D eigenvalue weighted by Crippen LogP contribution is 2.39. The maximum atomic E-state index is 4.93. The van der Waals surface area contributed by atoms with Crippen LogP contribution in [0.15, 0.2) is 104 Å². The molecular weight excluding hydrogens is 404 g/mol. The Morgan fingerprint density at radius 3 is 2.06 bits per heavy atom. The Morgan fingerprint density at radius 2 is 1.36 bits per heavy atom. The summed E-state index contributed by atoms with van der Waals surface area (Å²) in [6.07, 6.45) is 17.3. The van der Waals surface area contributed by atoms with Crippen molar-refractivity contribution >= 4 is 12.2 Å². The number of nitrogens with zero attached hydrogens (tertiary/aromatic N) is 4. The summed E-state index contributed by atoms with van der Waals surface area (Å²) in [6.45, 7) is 2.04. The lowest BCUT2D eigenvalue weighted by Gasteiger charge is -2.17. The third-order valence-electron chi connectivity index (χ3n) is 5.43. The summed E-state index contributed by atoms with van der Waals surface area (Å²) in [5.41, 5.74) is 9.18. The lowest BCUT2D eigenvalue weighted by atomic mass is 9.90. The first-order valence-electron chi connectivity index (χ1n) is 10.8. The number of hydrogen-bond donors (Lipinski definition) is 0. The SMILES string of the molecule is Cc1cncc(-c2ncc(-c3cccnc3)c(-c3cccnc3)c2/C=C/c2ccccc2)c1. The van der Waals surface area contributed by atoms with Crippen LogP contribution in [0.3, 0.4) is 0 Å². The molecule has 0 radical (unpaired) electrons. The summed E-state index contributed by atoms with van der Waals surface area (Å²) in [5, 5.41) is 0. The fraction of sp³-hybridized carbons (Fsp3) is 0.0345. The van der Waals surface area contributed by atoms with Gasteiger partial charge in [0.1, 0.15) is 0 Å². The zero-order chi connectivity index (χ0) is 22.5. The van der Waals surface area contributed by atoms with Crippen molar-refractivity contribution in [2.24, 2.45) is 0 Å². The second-order valence-corrected chi connectivity index (χ2v) is 7.79. The van der Waals surface area contributed by atoms with E-state index < -0.39 is 0 Å². The van der Waals surface area contributed by atoms with Crippen molar-refractivity contribution in [2.45, 2.75) is 6.92 Å². The zero-order valence-electron chi connectivity index (χ0n) is 18.3. The summed E-state index contributed by atoms with van der Waals surface area (Å²) >= 11 is 0. The van der Waals surface area contributed by atoms with Crippen molar-refractivity contribution in [2.75, 3.05) is 0 Å². The van der Waals surface area contributed by atoms with Crippen LogP contribution in [0.25, 0.3) is 45.7 Å². The maximum Gasteiger partial charge on any atom is 0.0796 e. The van der Waals surface area contributed by atoms with Crippen LogP contribution in [0.4, 0.5) is 0 Å². The number of benzene rings is 1. The zero-order valence-corrected chi connectivity index (χ0v) is 18.3. The summed E-state index contributed by atoms with van der Waals surface area (Å²) < 4.78 is 0. The number of rotatable bonds is 5. The minimum absolute atomic E-state index is 0.880. The van der Waals surface area contributed by atoms with E-state index in [0.717, 1.165) is 50.2 Å². The van der Waals surface area contributed by atoms with Crippen LogP contribution in [-0.2, 0) is 0 Å². The predicted octanol–water partition coefficient (Wildman–Crippen LogP) is 6.75. The van der Waals surface area contributed by atoms with Crippen LogP contribution < -0.4 is 0 Å². The van der Waals surface area contributed by atoms with Gasteiger partial charge >= 0.3 is 0 Å². The van der Waals surface area contributed by atoms with Crippen molar-refractivity contribution in [3.63, 3.8) is 0 Å². The molecule has 0 saturated carbocycles. The third kappa shape index (κ3) is 4.46. The predicted molar refractivity (Wildman–Crippen MR) is 134 cm³/mol. The quantitative estimate of drug-likeness (QED) is 0.312. The Bertz CT molecular complexity index is 1400. The van der Waals surface area contributed by atoms with Crippen molar-refractivity contribution in [3.05, 3.63) is 121 Å². The highest BCUT2D eigenvalue weighted by molar-refractivity contribution is 5.95. The molecule has 5 aromatic rings. The van der Waals surface area contributed by atoms with Crippen LogP contribution in [0.5, 0.6) is 0 Å². The minimum atomic E-state index is 0.880. The standard InChI is InChI=1S/C29H22N4/c1-21-15-25(19-32-16-21)29-26(12-11-22-7-3-2-4-8-22)28(24-10-6-14-31-18-24)27(20-33-29)23-9-5-13-30-17-23/h2-20H,1H3/b12-11+. The van der Waals surface area contributed by atoms with Gasteiger partial charge in [-0.3, -0.25) is 19.9 Å². The van der Waals surface area contributed by atoms with Gasteiger partial charge in [0.15, 0.2) is 0 Å². The molecule has 33 heavy (non-hydrogen) atoms. The van der Waals surface area contributed by atoms with Crippen molar-refractivity contribution in [1.29, 1.82) is 0 Å². The molecule has 4 nitrogen and oxygen atoms in total. The molecule has 0 saturated heterocycles. The first kappa shape index (κ1) is 20.5. The van der Waals surface area contributed by atoms with Crippen molar-refractivity contribution < 1.29 is 0 Å². The first-order valence-corrected chi connectivity index (χ1v) is 10.8. The van der Waals surface area contributed by atoms with Crippen LogP contribution in [0.2, 0.25) is 0 Å². The van der Waals surface area contributed by atoms with Crippen LogP contribution in [0, 0.1) is 6.92 Å². The molecule has 0 aliphatic heterocycles. The average molecular weight is 427 g/mol. The van der Waals surface area contributed by atoms with E-state index in [-0.39, 0.29) is 0 Å². The van der Waals surface area contributed by atoms with Crippen LogP contribution in [-0.4, -0.2) is 19.9 Å². The molecule has 158 valence electrons. The lowest BCUT2D eigenvalue weighted by Crippen LogP contribution is -1.98. The molecule has 0 bridgehead atoms. The van der Waals surface area contributed by atoms with Crippen molar-refractivity contribution in [3.8, 4) is 33.5 Å². The molecule has 0 atom stereocenters. The van der Waals surface area contributed by atoms with E-state index in [4.69, 9.17) is 4.98 Å². The molecule has 4 aromatic heterocycles. The summed E-state index contributed by atoms with van der Waals surface area (Å²) in [5.74, 6) is 0. The topological polar surface area (TPSA) is 51.6 Å². The monoisotopic (exact) mass is 426 g/mol. The molecule has 4 heteroatoms. The molecule has 0 N–H and O–H groups in total. The van der Waals surface area contributed by atoms with Gasteiger partial charge in [-0.1, -0.05) is 54.6 Å². The highest BCUT2D eigenvalue weighted by Gasteiger charge is 2.18. The Labute approximate surface area is 193 Å². The Kier molecular flexibility index (Phi) is 5.81. The van der Waals surface area contributed by atoms with E-state index >= 15 is 0 Å². The van der Waals surface area contributed by atoms with Crippen LogP contribution in [0.1, 0.15) is 16.7 Å². The minimum Gasteiger partial charge on any atom is -0.264 e. The largest absolute Gasteiger partial charge is 0.264 e. The van der Waals surface area contributed by atoms with E-state index in [0.29, 0.717) is 0 Å². The summed E-state index contributed by atoms with van der Waals surface area (Å²) in [6, 6.07) is 20.4. The number of aromatic nitrogens is 4. The Balaban J connectivity index is 1.82. The lowest BCUT2D eigenvalue weighted by molar-refractivity contribution is 1.23. The molecule has 0 amide bonds. The molecule has 4 heterocycles. The molecule has 0 fully saturated rings. The van der Waals surface area contributed by atoms with E-state index in [1.807, 2.05) is 68.2 Å². The van der Waals surface area contributed by atoms with Gasteiger partial charge in [-0.05, 0) is 36.2 Å². The van der Waals surface area contributed by atoms with E-state index in [2.05, 4.69) is 57.4 Å². The molecule has 5 rings (SSSR count). The maximum absolute atomic E-state index is 4.93. The van der Waals surface area contributed by atoms with E-state index in [1.165, 1.54) is 0 Å². The van der Waals surface area contributed by atoms with Gasteiger partial charge in [0.2, 0.25) is 0 Å². The number of pyridine rings is 4. The number of aryl methyl sites for hydroxylation is 1. The fourth-order valence-electron chi connectivity index (χ4n) is 3.91. The smallest absolute Gasteiger partial charge is 0.0796 e. The molecule has 0 spiro atoms. The molecule has 1 aromatic carbocycles. The van der Waals surface area contributed by atoms with Gasteiger partial charge in [-0.25, -0.2) is 0 Å². The van der Waals surface area contributed by atoms with Crippen molar-refractivity contribution in [1.82, 2.24) is 19.9 Å². The van der Waals surface area contributed by atoms with Crippen LogP contribution >= 0.6 is 0 Å². The van der Waals surface area contributed by atoms with E-state index in [1.54, 1.807) is 12.4 Å². The Morgan fingerprint density at radius 1 is 0.636 bits per heavy atom. The fourth-order valence-corrected chi connectivity index (χ4v) is 3.91. The molecule has 0 aliphatic rings. The molecular formula is C29H22N4. The molecule has 0 aliphatic carbocycles. The van der Waals surface area contributed by atoms with E-state index in [9.17, 15) is 0 Å². The summed E-state index contributed by atoms with van der Waals surface area (Å²) in [7, 11) is 0. The van der Waals surface area contributed by atoms with Gasteiger partial charge in [-0.2, -0.15) is 0 Å². The van der Waals surface area contributed by atoms with Gasteiger partial charge in [-0.15, -0.1) is 0 Å². The third-order valence-corrected chi connectivity index (χ3v) is 5.43. The highest BCUT2D eigenvalue weighted by atomic mass is 14.7. The Hall–Kier alpha value is -4.44. The average Bonchev–Trinajstić information content (AvgIpc) is 2.88. The normalized spacial score (nSPS) is 11.1. The van der Waals surface area contributed by atoms with Gasteiger partial charge in [0.05, 0.1) is 5.69 Å². The second-order valence-electron chi connectivity index (χ2n) is 7.79. The van der Waals surface area contributed by atoms with Gasteiger partial charge in [0.25, 0.3) is 0 Å². The number of hydrogen-bond acceptors (Lipinski definition) is 4.